The summed E-state index contributed by atoms with van der Waals surface area (Å²) in [6, 6.07) is 6.04. The average molecular weight is 302 g/mol. The van der Waals surface area contributed by atoms with Crippen molar-refractivity contribution in [1.82, 2.24) is 10.1 Å². The third-order valence-corrected chi connectivity index (χ3v) is 4.40. The Morgan fingerprint density at radius 3 is 2.86 bits per heavy atom. The van der Waals surface area contributed by atoms with Gasteiger partial charge in [0.1, 0.15) is 5.76 Å². The lowest BCUT2D eigenvalue weighted by atomic mass is 10.0. The van der Waals surface area contributed by atoms with Crippen LogP contribution in [-0.4, -0.2) is 21.2 Å². The molecule has 0 aliphatic carbocycles. The molecule has 3 aromatic rings. The number of hydrogen-bond donors (Lipinski definition) is 1. The Labute approximate surface area is 125 Å². The molecule has 0 radical (unpaired) electrons. The van der Waals surface area contributed by atoms with Crippen molar-refractivity contribution in [2.24, 2.45) is 0 Å². The normalized spacial score (nSPS) is 11.1. The lowest BCUT2D eigenvalue weighted by molar-refractivity contribution is -0.136. The van der Waals surface area contributed by atoms with Crippen LogP contribution in [0.5, 0.6) is 0 Å². The third kappa shape index (κ3) is 2.67. The van der Waals surface area contributed by atoms with Crippen molar-refractivity contribution in [3.63, 3.8) is 0 Å². The number of carboxylic acid groups (broad SMARTS) is 1. The minimum absolute atomic E-state index is 0.108. The quantitative estimate of drug-likeness (QED) is 0.797. The highest BCUT2D eigenvalue weighted by Gasteiger charge is 2.13. The van der Waals surface area contributed by atoms with Crippen molar-refractivity contribution in [2.75, 3.05) is 0 Å². The molecule has 108 valence electrons. The van der Waals surface area contributed by atoms with E-state index in [9.17, 15) is 4.79 Å². The molecular formula is C15H14N2O3S. The van der Waals surface area contributed by atoms with E-state index in [0.29, 0.717) is 6.42 Å². The molecule has 0 aliphatic heterocycles. The fourth-order valence-corrected chi connectivity index (χ4v) is 3.29. The van der Waals surface area contributed by atoms with Gasteiger partial charge in [-0.05, 0) is 31.5 Å². The van der Waals surface area contributed by atoms with Gasteiger partial charge in [-0.25, -0.2) is 4.98 Å². The number of carbonyl (C=O) groups is 1. The predicted octanol–water partition coefficient (Wildman–Crippen LogP) is 3.59. The number of hydrogen-bond acceptors (Lipinski definition) is 5. The zero-order valence-electron chi connectivity index (χ0n) is 11.7. The maximum Gasteiger partial charge on any atom is 0.303 e. The van der Waals surface area contributed by atoms with Crippen LogP contribution in [0.3, 0.4) is 0 Å². The van der Waals surface area contributed by atoms with E-state index in [1.165, 1.54) is 0 Å². The number of aryl methyl sites for hydroxylation is 3. The Hall–Kier alpha value is -2.21. The van der Waals surface area contributed by atoms with Crippen LogP contribution < -0.4 is 0 Å². The minimum Gasteiger partial charge on any atom is -0.481 e. The van der Waals surface area contributed by atoms with Gasteiger partial charge in [0.25, 0.3) is 0 Å². The van der Waals surface area contributed by atoms with Crippen molar-refractivity contribution in [1.29, 1.82) is 0 Å². The molecule has 0 fully saturated rings. The van der Waals surface area contributed by atoms with E-state index in [1.807, 2.05) is 32.0 Å². The molecule has 0 saturated heterocycles. The van der Waals surface area contributed by atoms with Crippen LogP contribution in [-0.2, 0) is 11.2 Å². The summed E-state index contributed by atoms with van der Waals surface area (Å²) in [5.41, 5.74) is 3.76. The van der Waals surface area contributed by atoms with Gasteiger partial charge in [0.2, 0.25) is 0 Å². The van der Waals surface area contributed by atoms with Gasteiger partial charge in [-0.15, -0.1) is 11.3 Å². The fourth-order valence-electron chi connectivity index (χ4n) is 2.35. The Morgan fingerprint density at radius 1 is 1.38 bits per heavy atom. The van der Waals surface area contributed by atoms with Crippen molar-refractivity contribution in [2.45, 2.75) is 26.7 Å². The second kappa shape index (κ2) is 5.29. The molecule has 1 aromatic carbocycles. The molecule has 6 heteroatoms. The number of rotatable bonds is 4. The van der Waals surface area contributed by atoms with Gasteiger partial charge < -0.3 is 9.63 Å². The van der Waals surface area contributed by atoms with Crippen molar-refractivity contribution in [3.8, 4) is 11.1 Å². The molecule has 0 saturated carbocycles. The van der Waals surface area contributed by atoms with E-state index in [2.05, 4.69) is 10.1 Å². The van der Waals surface area contributed by atoms with Gasteiger partial charge in [-0.2, -0.15) is 0 Å². The maximum absolute atomic E-state index is 10.6. The number of thiazole rings is 1. The van der Waals surface area contributed by atoms with Crippen molar-refractivity contribution < 1.29 is 14.4 Å². The molecular weight excluding hydrogens is 288 g/mol. The molecule has 0 aliphatic rings. The van der Waals surface area contributed by atoms with E-state index >= 15 is 0 Å². The number of nitrogens with zero attached hydrogens (tertiary/aromatic N) is 2. The Kier molecular flexibility index (Phi) is 3.47. The molecule has 0 unspecified atom stereocenters. The van der Waals surface area contributed by atoms with Crippen LogP contribution in [0.4, 0.5) is 0 Å². The highest BCUT2D eigenvalue weighted by molar-refractivity contribution is 7.18. The van der Waals surface area contributed by atoms with Crippen LogP contribution in [0.25, 0.3) is 21.3 Å². The van der Waals surface area contributed by atoms with Gasteiger partial charge in [-0.3, -0.25) is 4.79 Å². The molecule has 0 bridgehead atoms. The SMILES string of the molecule is Cc1noc(C)c1-c1ccc2sc(CCC(=O)O)nc2c1. The summed E-state index contributed by atoms with van der Waals surface area (Å²) in [6.45, 7) is 3.80. The number of aromatic nitrogens is 2. The zero-order chi connectivity index (χ0) is 15.0. The Bertz CT molecular complexity index is 800. The minimum atomic E-state index is -0.800. The largest absolute Gasteiger partial charge is 0.481 e. The topological polar surface area (TPSA) is 76.2 Å². The van der Waals surface area contributed by atoms with Crippen molar-refractivity contribution >= 4 is 27.5 Å². The second-order valence-corrected chi connectivity index (χ2v) is 6.00. The van der Waals surface area contributed by atoms with E-state index in [1.54, 1.807) is 11.3 Å². The summed E-state index contributed by atoms with van der Waals surface area (Å²) in [5, 5.41) is 13.6. The smallest absolute Gasteiger partial charge is 0.303 e. The zero-order valence-corrected chi connectivity index (χ0v) is 12.5. The summed E-state index contributed by atoms with van der Waals surface area (Å²) >= 11 is 1.54. The first-order chi connectivity index (χ1) is 10.0. The number of benzene rings is 1. The lowest BCUT2D eigenvalue weighted by Gasteiger charge is -1.99. The van der Waals surface area contributed by atoms with Gasteiger partial charge >= 0.3 is 5.97 Å². The molecule has 0 amide bonds. The molecule has 2 heterocycles. The highest BCUT2D eigenvalue weighted by atomic mass is 32.1. The number of aliphatic carboxylic acids is 1. The van der Waals surface area contributed by atoms with E-state index in [-0.39, 0.29) is 6.42 Å². The van der Waals surface area contributed by atoms with Gasteiger partial charge in [0.05, 0.1) is 27.3 Å². The van der Waals surface area contributed by atoms with Gasteiger partial charge in [-0.1, -0.05) is 11.2 Å². The fraction of sp³-hybridized carbons (Fsp3) is 0.267. The summed E-state index contributed by atoms with van der Waals surface area (Å²) in [7, 11) is 0. The summed E-state index contributed by atoms with van der Waals surface area (Å²) in [5.74, 6) is -0.0150. The molecule has 5 nitrogen and oxygen atoms in total. The average Bonchev–Trinajstić information content (AvgIpc) is 2.99. The van der Waals surface area contributed by atoms with Crippen LogP contribution in [0.1, 0.15) is 22.9 Å². The molecule has 3 rings (SSSR count). The van der Waals surface area contributed by atoms with Crippen LogP contribution in [0.15, 0.2) is 22.7 Å². The van der Waals surface area contributed by atoms with Gasteiger partial charge in [0.15, 0.2) is 0 Å². The number of carboxylic acids is 1. The van der Waals surface area contributed by atoms with Crippen LogP contribution >= 0.6 is 11.3 Å². The van der Waals surface area contributed by atoms with Crippen LogP contribution in [0, 0.1) is 13.8 Å². The summed E-state index contributed by atoms with van der Waals surface area (Å²) in [6.07, 6.45) is 0.575. The van der Waals surface area contributed by atoms with Crippen LogP contribution in [0.2, 0.25) is 0 Å². The first-order valence-corrected chi connectivity index (χ1v) is 7.41. The summed E-state index contributed by atoms with van der Waals surface area (Å²) < 4.78 is 6.26. The Morgan fingerprint density at radius 2 is 2.19 bits per heavy atom. The summed E-state index contributed by atoms with van der Waals surface area (Å²) in [4.78, 5) is 15.2. The Balaban J connectivity index is 1.98. The van der Waals surface area contributed by atoms with Crippen molar-refractivity contribution in [3.05, 3.63) is 34.7 Å². The van der Waals surface area contributed by atoms with E-state index in [0.717, 1.165) is 37.8 Å². The second-order valence-electron chi connectivity index (χ2n) is 4.88. The molecule has 0 atom stereocenters. The lowest BCUT2D eigenvalue weighted by Crippen LogP contribution is -1.96. The molecule has 0 spiro atoms. The predicted molar refractivity (Wildman–Crippen MR) is 80.5 cm³/mol. The number of fused-ring (bicyclic) bond motifs is 1. The third-order valence-electron chi connectivity index (χ3n) is 3.31. The maximum atomic E-state index is 10.6. The first kappa shape index (κ1) is 13.8. The van der Waals surface area contributed by atoms with E-state index < -0.39 is 5.97 Å². The highest BCUT2D eigenvalue weighted by Crippen LogP contribution is 2.31. The van der Waals surface area contributed by atoms with E-state index in [4.69, 9.17) is 9.63 Å². The molecule has 21 heavy (non-hydrogen) atoms. The molecule has 2 aromatic heterocycles. The van der Waals surface area contributed by atoms with Gasteiger partial charge in [0, 0.05) is 12.0 Å². The molecule has 1 N–H and O–H groups in total. The monoisotopic (exact) mass is 302 g/mol. The standard InChI is InChI=1S/C15H14N2O3S/c1-8-15(9(2)20-17-8)10-3-4-12-11(7-10)16-13(21-12)5-6-14(18)19/h3-4,7H,5-6H2,1-2H3,(H,18,19). The first-order valence-electron chi connectivity index (χ1n) is 6.59.